The summed E-state index contributed by atoms with van der Waals surface area (Å²) < 4.78 is 13.2. The van der Waals surface area contributed by atoms with Crippen LogP contribution in [0.1, 0.15) is 37.7 Å². The molecule has 0 radical (unpaired) electrons. The van der Waals surface area contributed by atoms with Gasteiger partial charge in [0.1, 0.15) is 5.82 Å². The van der Waals surface area contributed by atoms with Crippen LogP contribution in [0.2, 0.25) is 0 Å². The third-order valence-corrected chi connectivity index (χ3v) is 4.03. The minimum atomic E-state index is -0.191. The molecule has 1 saturated carbocycles. The van der Waals surface area contributed by atoms with E-state index in [2.05, 4.69) is 11.0 Å². The van der Waals surface area contributed by atoms with Gasteiger partial charge in [0, 0.05) is 12.6 Å². The molecule has 3 heteroatoms. The molecule has 2 nitrogen and oxygen atoms in total. The van der Waals surface area contributed by atoms with E-state index in [-0.39, 0.29) is 11.7 Å². The van der Waals surface area contributed by atoms with Crippen LogP contribution in [0.15, 0.2) is 24.3 Å². The first-order chi connectivity index (χ1) is 9.20. The molecule has 2 unspecified atom stereocenters. The number of hydrogen-bond donors (Lipinski definition) is 0. The topological polar surface area (TPSA) is 27.0 Å². The number of nitrogens with zero attached hydrogens (tertiary/aromatic N) is 2. The summed E-state index contributed by atoms with van der Waals surface area (Å²) in [6, 6.07) is 9.49. The molecule has 0 saturated heterocycles. The molecule has 1 fully saturated rings. The van der Waals surface area contributed by atoms with Gasteiger partial charge >= 0.3 is 0 Å². The highest BCUT2D eigenvalue weighted by Gasteiger charge is 2.26. The van der Waals surface area contributed by atoms with Crippen molar-refractivity contribution >= 4 is 0 Å². The van der Waals surface area contributed by atoms with E-state index in [1.165, 1.54) is 18.9 Å². The van der Waals surface area contributed by atoms with Crippen LogP contribution in [-0.4, -0.2) is 18.0 Å². The van der Waals surface area contributed by atoms with Gasteiger partial charge in [0.15, 0.2) is 0 Å². The molecule has 1 aliphatic rings. The number of hydrogen-bond acceptors (Lipinski definition) is 2. The van der Waals surface area contributed by atoms with Crippen molar-refractivity contribution in [1.82, 2.24) is 4.90 Å². The predicted octanol–water partition coefficient (Wildman–Crippen LogP) is 3.73. The standard InChI is InChI=1S/C16H21FN2/c1-19(12-13-6-5-8-15(17)10-13)16-9-4-2-3-7-14(16)11-18/h5-6,8,10,14,16H,2-4,7,9,12H2,1H3. The van der Waals surface area contributed by atoms with Crippen molar-refractivity contribution < 1.29 is 4.39 Å². The highest BCUT2D eigenvalue weighted by molar-refractivity contribution is 5.16. The van der Waals surface area contributed by atoms with Gasteiger partial charge in [-0.15, -0.1) is 0 Å². The van der Waals surface area contributed by atoms with Crippen molar-refractivity contribution in [3.63, 3.8) is 0 Å². The fourth-order valence-electron chi connectivity index (χ4n) is 3.01. The third kappa shape index (κ3) is 3.78. The highest BCUT2D eigenvalue weighted by Crippen LogP contribution is 2.27. The van der Waals surface area contributed by atoms with Gasteiger partial charge in [-0.25, -0.2) is 4.39 Å². The molecule has 1 aromatic rings. The van der Waals surface area contributed by atoms with Gasteiger partial charge in [0.05, 0.1) is 12.0 Å². The Labute approximate surface area is 114 Å². The summed E-state index contributed by atoms with van der Waals surface area (Å²) >= 11 is 0. The highest BCUT2D eigenvalue weighted by atomic mass is 19.1. The molecule has 2 rings (SSSR count). The van der Waals surface area contributed by atoms with E-state index < -0.39 is 0 Å². The van der Waals surface area contributed by atoms with Crippen LogP contribution in [0.4, 0.5) is 4.39 Å². The Morgan fingerprint density at radius 3 is 2.84 bits per heavy atom. The summed E-state index contributed by atoms with van der Waals surface area (Å²) in [5.74, 6) is -0.0790. The lowest BCUT2D eigenvalue weighted by atomic mass is 9.95. The largest absolute Gasteiger partial charge is 0.298 e. The van der Waals surface area contributed by atoms with E-state index in [9.17, 15) is 9.65 Å². The van der Waals surface area contributed by atoms with Crippen LogP contribution in [0.5, 0.6) is 0 Å². The Kier molecular flexibility index (Phi) is 4.93. The number of benzene rings is 1. The van der Waals surface area contributed by atoms with Gasteiger partial charge < -0.3 is 0 Å². The van der Waals surface area contributed by atoms with E-state index in [4.69, 9.17) is 0 Å². The lowest BCUT2D eigenvalue weighted by Gasteiger charge is -2.30. The molecule has 19 heavy (non-hydrogen) atoms. The van der Waals surface area contributed by atoms with Gasteiger partial charge in [-0.3, -0.25) is 4.90 Å². The number of rotatable bonds is 3. The predicted molar refractivity (Wildman–Crippen MR) is 73.8 cm³/mol. The van der Waals surface area contributed by atoms with Crippen LogP contribution < -0.4 is 0 Å². The molecule has 1 aromatic carbocycles. The van der Waals surface area contributed by atoms with Crippen LogP contribution in [-0.2, 0) is 6.54 Å². The Balaban J connectivity index is 2.05. The van der Waals surface area contributed by atoms with E-state index in [0.717, 1.165) is 24.8 Å². The van der Waals surface area contributed by atoms with Crippen molar-refractivity contribution in [3.8, 4) is 6.07 Å². The van der Waals surface area contributed by atoms with Crippen molar-refractivity contribution in [1.29, 1.82) is 5.26 Å². The lowest BCUT2D eigenvalue weighted by Crippen LogP contribution is -2.36. The second kappa shape index (κ2) is 6.68. The fourth-order valence-corrected chi connectivity index (χ4v) is 3.01. The van der Waals surface area contributed by atoms with E-state index in [0.29, 0.717) is 12.6 Å². The van der Waals surface area contributed by atoms with Crippen molar-refractivity contribution in [2.45, 2.75) is 44.7 Å². The zero-order valence-corrected chi connectivity index (χ0v) is 11.5. The maximum atomic E-state index is 13.2. The molecule has 0 aliphatic heterocycles. The Bertz CT molecular complexity index is 452. The van der Waals surface area contributed by atoms with Gasteiger partial charge in [0.2, 0.25) is 0 Å². The summed E-state index contributed by atoms with van der Waals surface area (Å²) in [6.07, 6.45) is 5.64. The number of nitriles is 1. The van der Waals surface area contributed by atoms with Gasteiger partial charge in [-0.05, 0) is 37.6 Å². The van der Waals surface area contributed by atoms with Crippen LogP contribution in [0, 0.1) is 23.1 Å². The molecule has 0 spiro atoms. The van der Waals surface area contributed by atoms with E-state index >= 15 is 0 Å². The van der Waals surface area contributed by atoms with Crippen molar-refractivity contribution in [3.05, 3.63) is 35.6 Å². The van der Waals surface area contributed by atoms with E-state index in [1.54, 1.807) is 12.1 Å². The quantitative estimate of drug-likeness (QED) is 0.774. The normalized spacial score (nSPS) is 23.9. The molecule has 1 aliphatic carbocycles. The molecule has 0 N–H and O–H groups in total. The average molecular weight is 260 g/mol. The molecule has 0 bridgehead atoms. The third-order valence-electron chi connectivity index (χ3n) is 4.03. The van der Waals surface area contributed by atoms with E-state index in [1.807, 2.05) is 13.1 Å². The van der Waals surface area contributed by atoms with Crippen molar-refractivity contribution in [2.75, 3.05) is 7.05 Å². The van der Waals surface area contributed by atoms with Gasteiger partial charge in [0.25, 0.3) is 0 Å². The zero-order valence-electron chi connectivity index (χ0n) is 11.5. The van der Waals surface area contributed by atoms with Crippen LogP contribution in [0.25, 0.3) is 0 Å². The Hall–Kier alpha value is -1.40. The second-order valence-electron chi connectivity index (χ2n) is 5.49. The molecule has 2 atom stereocenters. The molecule has 102 valence electrons. The summed E-state index contributed by atoms with van der Waals surface area (Å²) in [5, 5.41) is 9.31. The zero-order chi connectivity index (χ0) is 13.7. The fraction of sp³-hybridized carbons (Fsp3) is 0.562. The SMILES string of the molecule is CN(Cc1cccc(F)c1)C1CCCCCC1C#N. The van der Waals surface area contributed by atoms with Crippen LogP contribution in [0.3, 0.4) is 0 Å². The van der Waals surface area contributed by atoms with Gasteiger partial charge in [-0.1, -0.05) is 31.4 Å². The smallest absolute Gasteiger partial charge is 0.123 e. The maximum absolute atomic E-state index is 13.2. The average Bonchev–Trinajstić information content (AvgIpc) is 2.63. The molecule has 0 heterocycles. The molecular formula is C16H21FN2. The molecule has 0 amide bonds. The monoisotopic (exact) mass is 260 g/mol. The minimum Gasteiger partial charge on any atom is -0.298 e. The lowest BCUT2D eigenvalue weighted by molar-refractivity contribution is 0.183. The first-order valence-corrected chi connectivity index (χ1v) is 7.05. The first-order valence-electron chi connectivity index (χ1n) is 7.05. The van der Waals surface area contributed by atoms with Crippen molar-refractivity contribution in [2.24, 2.45) is 5.92 Å². The Morgan fingerprint density at radius 1 is 1.32 bits per heavy atom. The van der Waals surface area contributed by atoms with Gasteiger partial charge in [-0.2, -0.15) is 5.26 Å². The summed E-state index contributed by atoms with van der Waals surface area (Å²) in [6.45, 7) is 0.709. The summed E-state index contributed by atoms with van der Waals surface area (Å²) in [5.41, 5.74) is 0.975. The summed E-state index contributed by atoms with van der Waals surface area (Å²) in [4.78, 5) is 2.22. The second-order valence-corrected chi connectivity index (χ2v) is 5.49. The summed E-state index contributed by atoms with van der Waals surface area (Å²) in [7, 11) is 2.05. The van der Waals surface area contributed by atoms with Crippen LogP contribution >= 0.6 is 0 Å². The Morgan fingerprint density at radius 2 is 2.11 bits per heavy atom. The first kappa shape index (κ1) is 14.0. The maximum Gasteiger partial charge on any atom is 0.123 e. The number of halogens is 1. The minimum absolute atomic E-state index is 0.112. The molecule has 0 aromatic heterocycles. The molecular weight excluding hydrogens is 239 g/mol.